The van der Waals surface area contributed by atoms with Gasteiger partial charge in [-0.2, -0.15) is 0 Å². The highest BCUT2D eigenvalue weighted by atomic mass is 16.2. The third kappa shape index (κ3) is 5.68. The summed E-state index contributed by atoms with van der Waals surface area (Å²) < 4.78 is 2.11. The van der Waals surface area contributed by atoms with Gasteiger partial charge in [-0.25, -0.2) is 4.90 Å². The van der Waals surface area contributed by atoms with Crippen LogP contribution in [0, 0.1) is 0 Å². The van der Waals surface area contributed by atoms with Gasteiger partial charge in [0.2, 0.25) is 0 Å². The number of carbonyl (C=O) groups is 2. The maximum absolute atomic E-state index is 14.9. The second-order valence-electron chi connectivity index (χ2n) is 13.4. The van der Waals surface area contributed by atoms with Crippen molar-refractivity contribution < 1.29 is 9.59 Å². The van der Waals surface area contributed by atoms with Crippen LogP contribution in [0.15, 0.2) is 182 Å². The number of benzene rings is 6. The Bertz CT molecular complexity index is 2870. The number of aliphatic imine (C=N–C) groups is 1. The average molecular weight is 711 g/mol. The van der Waals surface area contributed by atoms with Gasteiger partial charge in [0.25, 0.3) is 11.8 Å². The molecule has 2 amide bonds. The predicted molar refractivity (Wildman–Crippen MR) is 225 cm³/mol. The number of rotatable bonds is 8. The number of amides is 2. The summed E-state index contributed by atoms with van der Waals surface area (Å²) >= 11 is 0. The van der Waals surface area contributed by atoms with Crippen LogP contribution >= 0.6 is 0 Å². The van der Waals surface area contributed by atoms with E-state index in [9.17, 15) is 9.59 Å². The Kier molecular flexibility index (Phi) is 8.41. The van der Waals surface area contributed by atoms with Gasteiger partial charge in [0.05, 0.1) is 33.5 Å². The molecule has 0 saturated heterocycles. The number of nitrogens with zero attached hydrogens (tertiary/aromatic N) is 4. The normalized spacial score (nSPS) is 13.0. The van der Waals surface area contributed by atoms with Crippen molar-refractivity contribution in [2.24, 2.45) is 4.99 Å². The Morgan fingerprint density at radius 3 is 1.98 bits per heavy atom. The molecule has 262 valence electrons. The molecule has 6 aromatic carbocycles. The smallest absolute Gasteiger partial charge is 0.268 e. The Morgan fingerprint density at radius 1 is 0.600 bits per heavy atom. The topological polar surface area (TPSA) is 67.6 Å². The monoisotopic (exact) mass is 710 g/mol. The van der Waals surface area contributed by atoms with E-state index in [0.29, 0.717) is 22.5 Å². The highest BCUT2D eigenvalue weighted by molar-refractivity contribution is 6.36. The van der Waals surface area contributed by atoms with E-state index in [-0.39, 0.29) is 11.8 Å². The molecule has 1 aliphatic heterocycles. The van der Waals surface area contributed by atoms with Crippen LogP contribution in [0.2, 0.25) is 0 Å². The van der Waals surface area contributed by atoms with Crippen molar-refractivity contribution >= 4 is 51.1 Å². The lowest BCUT2D eigenvalue weighted by Crippen LogP contribution is -2.30. The number of carbonyl (C=O) groups excluding carboxylic acids is 2. The van der Waals surface area contributed by atoms with Crippen LogP contribution in [0.3, 0.4) is 0 Å². The zero-order valence-corrected chi connectivity index (χ0v) is 30.1. The molecule has 0 fully saturated rings. The summed E-state index contributed by atoms with van der Waals surface area (Å²) in [5, 5.41) is 2.01. The van der Waals surface area contributed by atoms with Crippen molar-refractivity contribution in [3.8, 4) is 39.1 Å². The predicted octanol–water partition coefficient (Wildman–Crippen LogP) is 11.3. The molecule has 1 aliphatic rings. The lowest BCUT2D eigenvalue weighted by atomic mass is 9.97. The molecule has 6 heteroatoms. The molecule has 0 atom stereocenters. The second kappa shape index (κ2) is 13.8. The van der Waals surface area contributed by atoms with Gasteiger partial charge >= 0.3 is 0 Å². The van der Waals surface area contributed by atoms with Gasteiger partial charge in [0.1, 0.15) is 0 Å². The van der Waals surface area contributed by atoms with Crippen molar-refractivity contribution in [3.05, 3.63) is 193 Å². The van der Waals surface area contributed by atoms with Crippen LogP contribution in [-0.4, -0.2) is 34.6 Å². The molecule has 8 aromatic rings. The van der Waals surface area contributed by atoms with Crippen molar-refractivity contribution in [3.63, 3.8) is 0 Å². The maximum atomic E-state index is 14.9. The third-order valence-corrected chi connectivity index (χ3v) is 10.3. The van der Waals surface area contributed by atoms with Gasteiger partial charge in [-0.15, -0.1) is 0 Å². The first-order chi connectivity index (χ1) is 27.1. The van der Waals surface area contributed by atoms with Crippen molar-refractivity contribution in [2.75, 3.05) is 11.9 Å². The summed E-state index contributed by atoms with van der Waals surface area (Å²) in [5.41, 5.74) is 11.5. The Balaban J connectivity index is 1.24. The molecule has 0 unspecified atom stereocenters. The fourth-order valence-corrected chi connectivity index (χ4v) is 7.69. The van der Waals surface area contributed by atoms with E-state index in [4.69, 9.17) is 0 Å². The van der Waals surface area contributed by atoms with Crippen LogP contribution in [0.4, 0.5) is 5.69 Å². The zero-order valence-electron chi connectivity index (χ0n) is 30.1. The second-order valence-corrected chi connectivity index (χ2v) is 13.4. The summed E-state index contributed by atoms with van der Waals surface area (Å²) in [6, 6.07) is 48.1. The van der Waals surface area contributed by atoms with Crippen molar-refractivity contribution in [1.82, 2.24) is 9.55 Å². The minimum absolute atomic E-state index is 0.354. The summed E-state index contributed by atoms with van der Waals surface area (Å²) in [5.74, 6) is -0.719. The van der Waals surface area contributed by atoms with Gasteiger partial charge in [-0.3, -0.25) is 19.6 Å². The number of pyridine rings is 1. The summed E-state index contributed by atoms with van der Waals surface area (Å²) in [6.07, 6.45) is 9.10. The molecule has 0 spiro atoms. The molecule has 0 aliphatic carbocycles. The van der Waals surface area contributed by atoms with Crippen LogP contribution in [0.25, 0.3) is 66.4 Å². The van der Waals surface area contributed by atoms with Gasteiger partial charge in [-0.05, 0) is 106 Å². The Hall–Kier alpha value is -7.44. The fourth-order valence-electron chi connectivity index (χ4n) is 7.69. The van der Waals surface area contributed by atoms with Crippen molar-refractivity contribution in [1.29, 1.82) is 0 Å². The van der Waals surface area contributed by atoms with E-state index < -0.39 is 0 Å². The van der Waals surface area contributed by atoms with E-state index in [1.165, 1.54) is 4.90 Å². The Morgan fingerprint density at radius 2 is 1.25 bits per heavy atom. The van der Waals surface area contributed by atoms with Gasteiger partial charge < -0.3 is 4.57 Å². The maximum Gasteiger partial charge on any atom is 0.268 e. The number of anilines is 1. The first-order valence-corrected chi connectivity index (χ1v) is 18.1. The highest BCUT2D eigenvalue weighted by Crippen LogP contribution is 2.42. The van der Waals surface area contributed by atoms with Crippen molar-refractivity contribution in [2.45, 2.75) is 0 Å². The molecule has 55 heavy (non-hydrogen) atoms. The summed E-state index contributed by atoms with van der Waals surface area (Å²) in [4.78, 5) is 39.1. The number of hydrogen-bond donors (Lipinski definition) is 0. The molecule has 0 N–H and O–H groups in total. The van der Waals surface area contributed by atoms with E-state index in [0.717, 1.165) is 66.3 Å². The number of hydrogen-bond acceptors (Lipinski definition) is 4. The average Bonchev–Trinajstić information content (AvgIpc) is 3.71. The molecule has 0 bridgehead atoms. The number of allylic oxidation sites excluding steroid dienone is 3. The lowest BCUT2D eigenvalue weighted by molar-refractivity contribution is 0.0926. The van der Waals surface area contributed by atoms with Gasteiger partial charge in [0, 0.05) is 42.0 Å². The quantitative estimate of drug-likeness (QED) is 0.0895. The van der Waals surface area contributed by atoms with E-state index in [1.807, 2.05) is 97.1 Å². The fraction of sp³-hybridized carbons (Fsp3) is 0.0204. The van der Waals surface area contributed by atoms with Crippen LogP contribution < -0.4 is 4.90 Å². The molecule has 2 aromatic heterocycles. The lowest BCUT2D eigenvalue weighted by Gasteiger charge is -2.20. The first kappa shape index (κ1) is 33.4. The number of aromatic nitrogens is 2. The first-order valence-electron chi connectivity index (χ1n) is 18.1. The van der Waals surface area contributed by atoms with Crippen LogP contribution in [0.1, 0.15) is 26.3 Å². The molecule has 0 saturated carbocycles. The van der Waals surface area contributed by atoms with Gasteiger partial charge in [-0.1, -0.05) is 97.6 Å². The van der Waals surface area contributed by atoms with Crippen LogP contribution in [-0.2, 0) is 0 Å². The Labute approximate surface area is 318 Å². The minimum atomic E-state index is -0.365. The number of imide groups is 1. The van der Waals surface area contributed by atoms with Gasteiger partial charge in [0.15, 0.2) is 0 Å². The van der Waals surface area contributed by atoms with Crippen LogP contribution in [0.5, 0.6) is 0 Å². The highest BCUT2D eigenvalue weighted by Gasteiger charge is 2.40. The summed E-state index contributed by atoms with van der Waals surface area (Å²) in [7, 11) is 1.74. The molecular formula is C49H34N4O2. The third-order valence-electron chi connectivity index (χ3n) is 10.3. The number of fused-ring (bicyclic) bond motifs is 4. The minimum Gasteiger partial charge on any atom is -0.308 e. The van der Waals surface area contributed by atoms with E-state index >= 15 is 0 Å². The molecular weight excluding hydrogens is 677 g/mol. The zero-order chi connectivity index (χ0) is 37.5. The van der Waals surface area contributed by atoms with E-state index in [2.05, 4.69) is 75.7 Å². The molecule has 3 heterocycles. The molecule has 9 rings (SSSR count). The summed E-state index contributed by atoms with van der Waals surface area (Å²) in [6.45, 7) is 4.06. The molecule has 6 nitrogen and oxygen atoms in total. The largest absolute Gasteiger partial charge is 0.308 e. The molecule has 0 radical (unpaired) electrons. The standard InChI is InChI=1S/C49H34N4O2/c1-3-32(23-26-50-2)36-17-21-44-41(30-36)42-31-38(34-24-27-51-28-25-34)19-22-45(42)52(44)46-16-10-15-39-47(46)49(55)53(48(39)54)43-20-18-37(33-11-6-4-7-12-33)29-40(43)35-13-8-5-9-14-35/h3-31H,1H2,2H3/b32-23+,50-26?. The SMILES string of the molecule is C=C/C(=C\C=NC)c1ccc2c(c1)c1cc(-c3ccncc3)ccc1n2-c1cccc2c1C(=O)N(c1ccc(-c3ccccc3)cc1-c1ccccc1)C2=O. The van der Waals surface area contributed by atoms with E-state index in [1.54, 1.807) is 31.7 Å².